The number of amides is 1. The molecule has 3 atom stereocenters. The van der Waals surface area contributed by atoms with E-state index >= 15 is 0 Å². The highest BCUT2D eigenvalue weighted by molar-refractivity contribution is 7.12. The molecule has 22 heavy (non-hydrogen) atoms. The summed E-state index contributed by atoms with van der Waals surface area (Å²) in [5.41, 5.74) is 2.00. The van der Waals surface area contributed by atoms with Crippen LogP contribution in [0.2, 0.25) is 0 Å². The first-order chi connectivity index (χ1) is 10.5. The second kappa shape index (κ2) is 6.23. The van der Waals surface area contributed by atoms with Gasteiger partial charge in [0.2, 0.25) is 5.91 Å². The van der Waals surface area contributed by atoms with Gasteiger partial charge in [-0.2, -0.15) is 0 Å². The van der Waals surface area contributed by atoms with Crippen LogP contribution in [0, 0.1) is 19.8 Å². The van der Waals surface area contributed by atoms with E-state index in [0.29, 0.717) is 5.92 Å². The molecule has 2 aromatic rings. The van der Waals surface area contributed by atoms with Crippen molar-refractivity contribution in [2.45, 2.75) is 32.3 Å². The lowest BCUT2D eigenvalue weighted by Crippen LogP contribution is -2.29. The van der Waals surface area contributed by atoms with Crippen LogP contribution < -0.4 is 5.32 Å². The first-order valence-corrected chi connectivity index (χ1v) is 8.45. The molecule has 116 valence electrons. The van der Waals surface area contributed by atoms with Crippen LogP contribution in [0.5, 0.6) is 0 Å². The smallest absolute Gasteiger partial charge is 0.223 e. The van der Waals surface area contributed by atoms with Crippen LogP contribution in [-0.2, 0) is 4.79 Å². The third kappa shape index (κ3) is 3.39. The molecule has 0 aliphatic heterocycles. The number of carbonyl (C=O) groups is 1. The molecule has 3 nitrogen and oxygen atoms in total. The number of carbonyl (C=O) groups excluding carboxylic acids is 1. The van der Waals surface area contributed by atoms with E-state index in [1.807, 2.05) is 31.2 Å². The number of aliphatic hydroxyl groups is 1. The van der Waals surface area contributed by atoms with Gasteiger partial charge in [-0.25, -0.2) is 0 Å². The summed E-state index contributed by atoms with van der Waals surface area (Å²) in [4.78, 5) is 14.8. The molecular formula is C18H21NO2S. The number of rotatable bonds is 5. The van der Waals surface area contributed by atoms with E-state index in [2.05, 4.69) is 24.4 Å². The van der Waals surface area contributed by atoms with Crippen LogP contribution in [0.25, 0.3) is 0 Å². The first kappa shape index (κ1) is 15.3. The molecule has 4 heteroatoms. The molecule has 1 aliphatic rings. The van der Waals surface area contributed by atoms with E-state index in [1.54, 1.807) is 11.3 Å². The summed E-state index contributed by atoms with van der Waals surface area (Å²) in [7, 11) is 0. The van der Waals surface area contributed by atoms with Crippen molar-refractivity contribution in [3.8, 4) is 0 Å². The average molecular weight is 315 g/mol. The predicted molar refractivity (Wildman–Crippen MR) is 89.1 cm³/mol. The summed E-state index contributed by atoms with van der Waals surface area (Å²) in [5, 5.41) is 13.0. The van der Waals surface area contributed by atoms with E-state index in [0.717, 1.165) is 17.5 Å². The fourth-order valence-electron chi connectivity index (χ4n) is 2.69. The minimum atomic E-state index is -0.647. The van der Waals surface area contributed by atoms with Gasteiger partial charge in [0.05, 0.1) is 6.10 Å². The molecule has 0 unspecified atom stereocenters. The lowest BCUT2D eigenvalue weighted by Gasteiger charge is -2.12. The maximum atomic E-state index is 12.2. The Bertz CT molecular complexity index is 662. The number of benzene rings is 1. The van der Waals surface area contributed by atoms with Crippen LogP contribution in [0.1, 0.15) is 39.3 Å². The summed E-state index contributed by atoms with van der Waals surface area (Å²) in [6, 6.07) is 12.0. The largest absolute Gasteiger partial charge is 0.387 e. The fourth-order valence-corrected chi connectivity index (χ4v) is 3.74. The SMILES string of the molecule is Cc1ccc([C@H](O)CNC(=O)[C@@H]2C[C@@H]2c2ccc(C)s2)cc1. The number of thiophene rings is 1. The van der Waals surface area contributed by atoms with Crippen molar-refractivity contribution in [1.29, 1.82) is 0 Å². The van der Waals surface area contributed by atoms with Crippen molar-refractivity contribution in [3.05, 3.63) is 57.3 Å². The Morgan fingerprint density at radius 2 is 2.00 bits per heavy atom. The van der Waals surface area contributed by atoms with E-state index in [4.69, 9.17) is 0 Å². The van der Waals surface area contributed by atoms with Gasteiger partial charge in [0.15, 0.2) is 0 Å². The Kier molecular flexibility index (Phi) is 4.32. The van der Waals surface area contributed by atoms with Crippen molar-refractivity contribution >= 4 is 17.2 Å². The zero-order valence-corrected chi connectivity index (χ0v) is 13.7. The molecule has 0 bridgehead atoms. The van der Waals surface area contributed by atoms with Gasteiger partial charge in [0.25, 0.3) is 0 Å². The van der Waals surface area contributed by atoms with Crippen LogP contribution in [0.3, 0.4) is 0 Å². The second-order valence-electron chi connectivity index (χ2n) is 6.07. The van der Waals surface area contributed by atoms with Crippen molar-refractivity contribution in [3.63, 3.8) is 0 Å². The number of aryl methyl sites for hydroxylation is 2. The molecule has 0 spiro atoms. The molecule has 3 rings (SSSR count). The summed E-state index contributed by atoms with van der Waals surface area (Å²) < 4.78 is 0. The van der Waals surface area contributed by atoms with Crippen LogP contribution in [0.15, 0.2) is 36.4 Å². The van der Waals surface area contributed by atoms with Crippen LogP contribution >= 0.6 is 11.3 Å². The van der Waals surface area contributed by atoms with Crippen LogP contribution in [-0.4, -0.2) is 17.6 Å². The van der Waals surface area contributed by atoms with Gasteiger partial charge in [-0.15, -0.1) is 11.3 Å². The van der Waals surface area contributed by atoms with Crippen molar-refractivity contribution in [1.82, 2.24) is 5.32 Å². The van der Waals surface area contributed by atoms with Crippen molar-refractivity contribution < 1.29 is 9.90 Å². The average Bonchev–Trinajstić information content (AvgIpc) is 3.20. The first-order valence-electron chi connectivity index (χ1n) is 7.63. The van der Waals surface area contributed by atoms with Gasteiger partial charge < -0.3 is 10.4 Å². The second-order valence-corrected chi connectivity index (χ2v) is 7.39. The van der Waals surface area contributed by atoms with E-state index in [-0.39, 0.29) is 18.4 Å². The Hall–Kier alpha value is -1.65. The van der Waals surface area contributed by atoms with E-state index in [9.17, 15) is 9.90 Å². The number of hydrogen-bond acceptors (Lipinski definition) is 3. The Labute approximate surface area is 135 Å². The third-order valence-corrected chi connectivity index (χ3v) is 5.32. The Balaban J connectivity index is 1.50. The quantitative estimate of drug-likeness (QED) is 0.889. The molecule has 1 aliphatic carbocycles. The Morgan fingerprint density at radius 1 is 1.27 bits per heavy atom. The van der Waals surface area contributed by atoms with E-state index < -0.39 is 6.10 Å². The summed E-state index contributed by atoms with van der Waals surface area (Å²) in [5.74, 6) is 0.501. The molecule has 1 amide bonds. The molecule has 1 aromatic heterocycles. The molecule has 1 aromatic carbocycles. The zero-order valence-electron chi connectivity index (χ0n) is 12.9. The standard InChI is InChI=1S/C18H21NO2S/c1-11-3-6-13(7-4-11)16(20)10-19-18(21)15-9-14(15)17-8-5-12(2)22-17/h3-8,14-16,20H,9-10H2,1-2H3,(H,19,21)/t14-,15+,16+/m0/s1. The fraction of sp³-hybridized carbons (Fsp3) is 0.389. The Morgan fingerprint density at radius 3 is 2.64 bits per heavy atom. The van der Waals surface area contributed by atoms with Gasteiger partial charge >= 0.3 is 0 Å². The molecular weight excluding hydrogens is 294 g/mol. The van der Waals surface area contributed by atoms with Gasteiger partial charge in [0, 0.05) is 28.1 Å². The van der Waals surface area contributed by atoms with Gasteiger partial charge in [-0.05, 0) is 38.0 Å². The topological polar surface area (TPSA) is 49.3 Å². The van der Waals surface area contributed by atoms with Crippen molar-refractivity contribution in [2.75, 3.05) is 6.54 Å². The molecule has 0 radical (unpaired) electrons. The summed E-state index contributed by atoms with van der Waals surface area (Å²) >= 11 is 1.77. The van der Waals surface area contributed by atoms with Crippen LogP contribution in [0.4, 0.5) is 0 Å². The lowest BCUT2D eigenvalue weighted by atomic mass is 10.1. The minimum Gasteiger partial charge on any atom is -0.387 e. The number of nitrogens with one attached hydrogen (secondary N) is 1. The zero-order chi connectivity index (χ0) is 15.7. The number of aliphatic hydroxyl groups excluding tert-OH is 1. The number of hydrogen-bond donors (Lipinski definition) is 2. The minimum absolute atomic E-state index is 0.0576. The molecule has 1 heterocycles. The van der Waals surface area contributed by atoms with Gasteiger partial charge in [-0.3, -0.25) is 4.79 Å². The molecule has 1 fully saturated rings. The van der Waals surface area contributed by atoms with E-state index in [1.165, 1.54) is 9.75 Å². The predicted octanol–water partition coefficient (Wildman–Crippen LogP) is 3.32. The maximum Gasteiger partial charge on any atom is 0.223 e. The maximum absolute atomic E-state index is 12.2. The summed E-state index contributed by atoms with van der Waals surface area (Å²) in [6.45, 7) is 4.37. The van der Waals surface area contributed by atoms with Crippen molar-refractivity contribution in [2.24, 2.45) is 5.92 Å². The monoisotopic (exact) mass is 315 g/mol. The lowest BCUT2D eigenvalue weighted by molar-refractivity contribution is -0.122. The normalized spacial score (nSPS) is 21.4. The highest BCUT2D eigenvalue weighted by Gasteiger charge is 2.44. The van der Waals surface area contributed by atoms with Gasteiger partial charge in [0.1, 0.15) is 0 Å². The molecule has 1 saturated carbocycles. The summed E-state index contributed by atoms with van der Waals surface area (Å²) in [6.07, 6.45) is 0.276. The molecule has 2 N–H and O–H groups in total. The third-order valence-electron chi connectivity index (χ3n) is 4.19. The van der Waals surface area contributed by atoms with Gasteiger partial charge in [-0.1, -0.05) is 29.8 Å². The molecule has 0 saturated heterocycles. The highest BCUT2D eigenvalue weighted by Crippen LogP contribution is 2.49. The highest BCUT2D eigenvalue weighted by atomic mass is 32.1.